The molecule has 0 radical (unpaired) electrons. The third-order valence-electron chi connectivity index (χ3n) is 3.57. The van der Waals surface area contributed by atoms with E-state index in [0.717, 1.165) is 28.6 Å². The van der Waals surface area contributed by atoms with Gasteiger partial charge in [0.15, 0.2) is 0 Å². The second kappa shape index (κ2) is 6.57. The van der Waals surface area contributed by atoms with Crippen LogP contribution in [0.5, 0.6) is 0 Å². The number of para-hydroxylation sites is 1. The number of fused-ring (bicyclic) bond motifs is 1. The highest BCUT2D eigenvalue weighted by Gasteiger charge is 2.16. The predicted molar refractivity (Wildman–Crippen MR) is 80.7 cm³/mol. The van der Waals surface area contributed by atoms with E-state index in [1.165, 1.54) is 0 Å². The number of carbonyl (C=O) groups is 1. The molecule has 1 heterocycles. The largest absolute Gasteiger partial charge is 0.395 e. The number of benzene rings is 1. The molecule has 108 valence electrons. The number of aliphatic hydroxyl groups is 1. The Hall–Kier alpha value is -1.81. The Morgan fingerprint density at radius 1 is 1.30 bits per heavy atom. The molecule has 0 saturated carbocycles. The number of aryl methyl sites for hydroxylation is 1. The maximum atomic E-state index is 12.4. The van der Waals surface area contributed by atoms with Gasteiger partial charge in [-0.3, -0.25) is 4.79 Å². The van der Waals surface area contributed by atoms with Gasteiger partial charge >= 0.3 is 0 Å². The first-order valence-electron chi connectivity index (χ1n) is 7.12. The van der Waals surface area contributed by atoms with Crippen molar-refractivity contribution in [3.8, 4) is 0 Å². The number of nitrogens with zero attached hydrogens (tertiary/aromatic N) is 1. The lowest BCUT2D eigenvalue weighted by molar-refractivity contribution is -0.131. The number of aromatic nitrogens is 1. The number of nitrogens with one attached hydrogen (secondary N) is 1. The number of aliphatic hydroxyl groups excluding tert-OH is 1. The van der Waals surface area contributed by atoms with E-state index in [-0.39, 0.29) is 12.5 Å². The van der Waals surface area contributed by atoms with Gasteiger partial charge in [0.05, 0.1) is 13.0 Å². The third-order valence-corrected chi connectivity index (χ3v) is 3.57. The normalized spacial score (nSPS) is 10.9. The van der Waals surface area contributed by atoms with Crippen molar-refractivity contribution in [2.24, 2.45) is 0 Å². The van der Waals surface area contributed by atoms with Crippen molar-refractivity contribution in [2.75, 3.05) is 19.7 Å². The number of hydrogen-bond acceptors (Lipinski definition) is 2. The molecule has 0 atom stereocenters. The minimum absolute atomic E-state index is 0.0125. The molecule has 0 bridgehead atoms. The molecule has 0 spiro atoms. The maximum absolute atomic E-state index is 12.4. The first-order chi connectivity index (χ1) is 9.67. The molecule has 2 N–H and O–H groups in total. The van der Waals surface area contributed by atoms with Crippen molar-refractivity contribution in [1.29, 1.82) is 0 Å². The van der Waals surface area contributed by atoms with Gasteiger partial charge in [-0.15, -0.1) is 0 Å². The highest BCUT2D eigenvalue weighted by molar-refractivity contribution is 5.90. The van der Waals surface area contributed by atoms with Crippen LogP contribution >= 0.6 is 0 Å². The Morgan fingerprint density at radius 3 is 2.75 bits per heavy atom. The van der Waals surface area contributed by atoms with Gasteiger partial charge < -0.3 is 15.0 Å². The number of aromatic amines is 1. The Bertz CT molecular complexity index is 583. The van der Waals surface area contributed by atoms with Crippen molar-refractivity contribution in [3.05, 3.63) is 35.5 Å². The minimum atomic E-state index is 0.0125. The zero-order chi connectivity index (χ0) is 14.5. The molecule has 20 heavy (non-hydrogen) atoms. The molecule has 0 fully saturated rings. The van der Waals surface area contributed by atoms with Crippen molar-refractivity contribution in [1.82, 2.24) is 9.88 Å². The lowest BCUT2D eigenvalue weighted by atomic mass is 10.1. The lowest BCUT2D eigenvalue weighted by Gasteiger charge is -2.21. The van der Waals surface area contributed by atoms with Crippen LogP contribution in [0.3, 0.4) is 0 Å². The first kappa shape index (κ1) is 14.6. The molecule has 1 aromatic carbocycles. The SMILES string of the molecule is CCCN(CCO)C(=O)Cc1c(C)[nH]c2ccccc12. The van der Waals surface area contributed by atoms with Crippen LogP contribution in [-0.2, 0) is 11.2 Å². The van der Waals surface area contributed by atoms with Gasteiger partial charge in [-0.1, -0.05) is 25.1 Å². The fourth-order valence-electron chi connectivity index (χ4n) is 2.58. The average Bonchev–Trinajstić information content (AvgIpc) is 2.75. The molecule has 1 amide bonds. The summed E-state index contributed by atoms with van der Waals surface area (Å²) in [6.07, 6.45) is 1.29. The van der Waals surface area contributed by atoms with E-state index in [2.05, 4.69) is 4.98 Å². The van der Waals surface area contributed by atoms with Crippen LogP contribution in [0.1, 0.15) is 24.6 Å². The molecule has 0 unspecified atom stereocenters. The highest BCUT2D eigenvalue weighted by atomic mass is 16.3. The van der Waals surface area contributed by atoms with Crippen LogP contribution in [-0.4, -0.2) is 40.6 Å². The highest BCUT2D eigenvalue weighted by Crippen LogP contribution is 2.22. The summed E-state index contributed by atoms with van der Waals surface area (Å²) in [7, 11) is 0. The molecule has 0 aliphatic heterocycles. The van der Waals surface area contributed by atoms with Gasteiger partial charge in [-0.25, -0.2) is 0 Å². The van der Waals surface area contributed by atoms with E-state index < -0.39 is 0 Å². The summed E-state index contributed by atoms with van der Waals surface area (Å²) in [6, 6.07) is 8.03. The topological polar surface area (TPSA) is 56.3 Å². The summed E-state index contributed by atoms with van der Waals surface area (Å²) >= 11 is 0. The Labute approximate surface area is 119 Å². The molecule has 4 heteroatoms. The Kier molecular flexibility index (Phi) is 4.79. The Morgan fingerprint density at radius 2 is 2.05 bits per heavy atom. The molecule has 0 aliphatic rings. The number of amides is 1. The van der Waals surface area contributed by atoms with Crippen LogP contribution < -0.4 is 0 Å². The van der Waals surface area contributed by atoms with E-state index >= 15 is 0 Å². The fraction of sp³-hybridized carbons (Fsp3) is 0.438. The standard InChI is InChI=1S/C16H22N2O2/c1-3-8-18(9-10-19)16(20)11-14-12(2)17-15-7-5-4-6-13(14)15/h4-7,17,19H,3,8-11H2,1-2H3. The van der Waals surface area contributed by atoms with E-state index in [9.17, 15) is 4.79 Å². The summed E-state index contributed by atoms with van der Waals surface area (Å²) in [5.41, 5.74) is 3.17. The van der Waals surface area contributed by atoms with Crippen molar-refractivity contribution < 1.29 is 9.90 Å². The first-order valence-corrected chi connectivity index (χ1v) is 7.12. The second-order valence-electron chi connectivity index (χ2n) is 5.06. The third kappa shape index (κ3) is 3.02. The average molecular weight is 274 g/mol. The summed E-state index contributed by atoms with van der Waals surface area (Å²) in [5.74, 6) is 0.0775. The summed E-state index contributed by atoms with van der Waals surface area (Å²) in [4.78, 5) is 17.4. The van der Waals surface area contributed by atoms with Gasteiger partial charge in [0.2, 0.25) is 5.91 Å². The van der Waals surface area contributed by atoms with E-state index in [0.29, 0.717) is 19.5 Å². The molecular formula is C16H22N2O2. The number of carbonyl (C=O) groups excluding carboxylic acids is 1. The van der Waals surface area contributed by atoms with Gasteiger partial charge in [0, 0.05) is 29.7 Å². The van der Waals surface area contributed by atoms with E-state index in [1.54, 1.807) is 4.90 Å². The van der Waals surface area contributed by atoms with Crippen molar-refractivity contribution in [2.45, 2.75) is 26.7 Å². The zero-order valence-corrected chi connectivity index (χ0v) is 12.1. The summed E-state index contributed by atoms with van der Waals surface area (Å²) in [6.45, 7) is 5.15. The molecule has 0 aliphatic carbocycles. The van der Waals surface area contributed by atoms with Crippen LogP contribution in [0.2, 0.25) is 0 Å². The van der Waals surface area contributed by atoms with Crippen molar-refractivity contribution >= 4 is 16.8 Å². The molecular weight excluding hydrogens is 252 g/mol. The lowest BCUT2D eigenvalue weighted by Crippen LogP contribution is -2.35. The van der Waals surface area contributed by atoms with Gasteiger partial charge in [-0.05, 0) is 25.0 Å². The molecule has 2 rings (SSSR count). The van der Waals surface area contributed by atoms with E-state index in [1.807, 2.05) is 38.1 Å². The maximum Gasteiger partial charge on any atom is 0.227 e. The molecule has 1 aromatic heterocycles. The monoisotopic (exact) mass is 274 g/mol. The molecule has 0 saturated heterocycles. The van der Waals surface area contributed by atoms with Crippen LogP contribution in [0.4, 0.5) is 0 Å². The van der Waals surface area contributed by atoms with Gasteiger partial charge in [0.1, 0.15) is 0 Å². The molecule has 2 aromatic rings. The molecule has 4 nitrogen and oxygen atoms in total. The summed E-state index contributed by atoms with van der Waals surface area (Å²) in [5, 5.41) is 10.2. The zero-order valence-electron chi connectivity index (χ0n) is 12.1. The van der Waals surface area contributed by atoms with Gasteiger partial charge in [-0.2, -0.15) is 0 Å². The smallest absolute Gasteiger partial charge is 0.227 e. The minimum Gasteiger partial charge on any atom is -0.395 e. The number of rotatable bonds is 6. The Balaban J connectivity index is 2.22. The van der Waals surface area contributed by atoms with Crippen LogP contribution in [0, 0.1) is 6.92 Å². The summed E-state index contributed by atoms with van der Waals surface area (Å²) < 4.78 is 0. The van der Waals surface area contributed by atoms with Crippen molar-refractivity contribution in [3.63, 3.8) is 0 Å². The van der Waals surface area contributed by atoms with Crippen LogP contribution in [0.15, 0.2) is 24.3 Å². The predicted octanol–water partition coefficient (Wildman–Crippen LogP) is 2.25. The van der Waals surface area contributed by atoms with Gasteiger partial charge in [0.25, 0.3) is 0 Å². The quantitative estimate of drug-likeness (QED) is 0.849. The second-order valence-corrected chi connectivity index (χ2v) is 5.06. The number of hydrogen-bond donors (Lipinski definition) is 2. The van der Waals surface area contributed by atoms with E-state index in [4.69, 9.17) is 5.11 Å². The van der Waals surface area contributed by atoms with Crippen LogP contribution in [0.25, 0.3) is 10.9 Å². The fourth-order valence-corrected chi connectivity index (χ4v) is 2.58. The number of H-pyrrole nitrogens is 1.